The smallest absolute Gasteiger partial charge is 0.357 e. The fourth-order valence-corrected chi connectivity index (χ4v) is 5.47. The van der Waals surface area contributed by atoms with E-state index in [4.69, 9.17) is 13.9 Å². The second-order valence-electron chi connectivity index (χ2n) is 10.5. The number of carbonyl (C=O) groups excluding carboxylic acids is 2. The van der Waals surface area contributed by atoms with Crippen molar-refractivity contribution in [2.45, 2.75) is 59.0 Å². The van der Waals surface area contributed by atoms with Crippen molar-refractivity contribution >= 4 is 17.8 Å². The van der Waals surface area contributed by atoms with Crippen molar-refractivity contribution in [2.75, 3.05) is 6.54 Å². The number of aromatic carboxylic acids is 1. The quantitative estimate of drug-likeness (QED) is 0.285. The Morgan fingerprint density at radius 1 is 1.07 bits per heavy atom. The van der Waals surface area contributed by atoms with Crippen LogP contribution >= 0.6 is 0 Å². The topological polar surface area (TPSA) is 119 Å². The molecule has 1 saturated heterocycles. The molecule has 1 N–H and O–H groups in total. The highest BCUT2D eigenvalue weighted by atomic mass is 16.7. The molecule has 3 heterocycles. The lowest BCUT2D eigenvalue weighted by atomic mass is 9.97. The molecule has 3 aromatic rings. The Morgan fingerprint density at radius 2 is 1.73 bits per heavy atom. The largest absolute Gasteiger partial charge is 0.476 e. The molecule has 2 amide bonds. The molecule has 1 unspecified atom stereocenters. The number of carboxylic acid groups (broad SMARTS) is 1. The van der Waals surface area contributed by atoms with Crippen LogP contribution in [0.25, 0.3) is 0 Å². The summed E-state index contributed by atoms with van der Waals surface area (Å²) >= 11 is 0. The zero-order chi connectivity index (χ0) is 29.3. The van der Waals surface area contributed by atoms with Crippen LogP contribution in [-0.2, 0) is 15.9 Å². The zero-order valence-electron chi connectivity index (χ0n) is 23.4. The summed E-state index contributed by atoms with van der Waals surface area (Å²) < 4.78 is 18.2. The van der Waals surface area contributed by atoms with Crippen molar-refractivity contribution in [2.24, 2.45) is 0 Å². The summed E-state index contributed by atoms with van der Waals surface area (Å²) in [5.74, 6) is -1.46. The van der Waals surface area contributed by atoms with Crippen molar-refractivity contribution in [1.29, 1.82) is 0 Å². The molecule has 0 radical (unpaired) electrons. The van der Waals surface area contributed by atoms with Crippen molar-refractivity contribution in [3.63, 3.8) is 0 Å². The van der Waals surface area contributed by atoms with Gasteiger partial charge >= 0.3 is 5.97 Å². The van der Waals surface area contributed by atoms with Crippen LogP contribution in [0.5, 0.6) is 0 Å². The monoisotopic (exact) mass is 556 g/mol. The van der Waals surface area contributed by atoms with Gasteiger partial charge < -0.3 is 19.0 Å². The molecule has 2 aliphatic rings. The van der Waals surface area contributed by atoms with Gasteiger partial charge in [0.05, 0.1) is 29.8 Å². The first-order valence-corrected chi connectivity index (χ1v) is 13.5. The number of ether oxygens (including phenoxy) is 2. The number of carboxylic acids is 1. The van der Waals surface area contributed by atoms with Crippen LogP contribution in [0.3, 0.4) is 0 Å². The molecule has 9 heteroatoms. The predicted molar refractivity (Wildman–Crippen MR) is 150 cm³/mol. The van der Waals surface area contributed by atoms with Crippen LogP contribution in [0.15, 0.2) is 70.9 Å². The lowest BCUT2D eigenvalue weighted by Crippen LogP contribution is -2.35. The van der Waals surface area contributed by atoms with E-state index in [1.807, 2.05) is 39.8 Å². The highest BCUT2D eigenvalue weighted by Crippen LogP contribution is 2.36. The normalized spacial score (nSPS) is 21.1. The molecule has 0 aliphatic carbocycles. The van der Waals surface area contributed by atoms with Gasteiger partial charge in [-0.25, -0.2) is 9.78 Å². The number of nitrogens with zero attached hydrogens (tertiary/aromatic N) is 2. The van der Waals surface area contributed by atoms with Crippen molar-refractivity contribution in [1.82, 2.24) is 9.88 Å². The number of aromatic nitrogens is 1. The number of allylic oxidation sites excluding steroid dienone is 2. The molecule has 0 bridgehead atoms. The Kier molecular flexibility index (Phi) is 8.01. The number of oxazole rings is 1. The Hall–Kier alpha value is -4.34. The van der Waals surface area contributed by atoms with E-state index in [1.165, 1.54) is 4.90 Å². The van der Waals surface area contributed by atoms with E-state index < -0.39 is 12.3 Å². The first-order chi connectivity index (χ1) is 19.6. The van der Waals surface area contributed by atoms with Crippen molar-refractivity contribution < 1.29 is 33.4 Å². The van der Waals surface area contributed by atoms with Gasteiger partial charge in [0.15, 0.2) is 17.9 Å². The Morgan fingerprint density at radius 3 is 2.34 bits per heavy atom. The summed E-state index contributed by atoms with van der Waals surface area (Å²) in [7, 11) is 0. The molecule has 5 rings (SSSR count). The van der Waals surface area contributed by atoms with Gasteiger partial charge in [0.1, 0.15) is 6.26 Å². The molecular weight excluding hydrogens is 524 g/mol. The van der Waals surface area contributed by atoms with E-state index in [9.17, 15) is 19.5 Å². The molecule has 9 nitrogen and oxygen atoms in total. The lowest BCUT2D eigenvalue weighted by Gasteiger charge is -2.36. The number of fused-ring (bicyclic) bond motifs is 1. The molecule has 212 valence electrons. The summed E-state index contributed by atoms with van der Waals surface area (Å²) in [5, 5.41) is 9.21. The van der Waals surface area contributed by atoms with E-state index in [0.717, 1.165) is 34.1 Å². The minimum atomic E-state index is -1.15. The fourth-order valence-electron chi connectivity index (χ4n) is 5.47. The highest BCUT2D eigenvalue weighted by Gasteiger charge is 2.35. The summed E-state index contributed by atoms with van der Waals surface area (Å²) in [5.41, 5.74) is 5.80. The maximum Gasteiger partial charge on any atom is 0.357 e. The van der Waals surface area contributed by atoms with Gasteiger partial charge in [-0.3, -0.25) is 14.5 Å². The Labute approximate surface area is 238 Å². The van der Waals surface area contributed by atoms with E-state index in [0.29, 0.717) is 17.5 Å². The minimum Gasteiger partial charge on any atom is -0.476 e. The highest BCUT2D eigenvalue weighted by molar-refractivity contribution is 6.21. The van der Waals surface area contributed by atoms with Gasteiger partial charge in [0.2, 0.25) is 0 Å². The van der Waals surface area contributed by atoms with E-state index in [1.54, 1.807) is 30.3 Å². The SMILES string of the molecule is CC(/C=C/CN1C(=O)c2ccccc2C1=O)=C\[C@@H]1C[C@H](Cc2nc(C(=O)O)co2)OC(c2c(C)cc(C)cc2C)O1. The van der Waals surface area contributed by atoms with Crippen LogP contribution in [0.4, 0.5) is 0 Å². The lowest BCUT2D eigenvalue weighted by molar-refractivity contribution is -0.237. The third kappa shape index (κ3) is 6.06. The summed E-state index contributed by atoms with van der Waals surface area (Å²) in [6.07, 6.45) is 6.24. The summed E-state index contributed by atoms with van der Waals surface area (Å²) in [4.78, 5) is 41.9. The van der Waals surface area contributed by atoms with Gasteiger partial charge in [-0.1, -0.05) is 53.6 Å². The number of hydrogen-bond donors (Lipinski definition) is 1. The summed E-state index contributed by atoms with van der Waals surface area (Å²) in [6.45, 7) is 8.18. The first-order valence-electron chi connectivity index (χ1n) is 13.5. The minimum absolute atomic E-state index is 0.149. The molecule has 2 aliphatic heterocycles. The van der Waals surface area contributed by atoms with Crippen LogP contribution in [-0.4, -0.2) is 51.5 Å². The third-order valence-electron chi connectivity index (χ3n) is 7.25. The maximum absolute atomic E-state index is 12.6. The second-order valence-corrected chi connectivity index (χ2v) is 10.5. The third-order valence-corrected chi connectivity index (χ3v) is 7.25. The molecule has 2 aromatic carbocycles. The van der Waals surface area contributed by atoms with Crippen molar-refractivity contribution in [3.05, 3.63) is 111 Å². The van der Waals surface area contributed by atoms with Gasteiger partial charge in [0, 0.05) is 18.5 Å². The van der Waals surface area contributed by atoms with Crippen LogP contribution in [0, 0.1) is 20.8 Å². The molecule has 1 fully saturated rings. The zero-order valence-corrected chi connectivity index (χ0v) is 23.4. The Balaban J connectivity index is 1.33. The first kappa shape index (κ1) is 28.2. The van der Waals surface area contributed by atoms with Gasteiger partial charge in [-0.2, -0.15) is 0 Å². The van der Waals surface area contributed by atoms with Crippen LogP contribution in [0.2, 0.25) is 0 Å². The van der Waals surface area contributed by atoms with Crippen molar-refractivity contribution in [3.8, 4) is 0 Å². The fraction of sp³-hybridized carbons (Fsp3) is 0.312. The number of amides is 2. The van der Waals surface area contributed by atoms with E-state index in [2.05, 4.69) is 17.1 Å². The molecule has 3 atom stereocenters. The average Bonchev–Trinajstić information content (AvgIpc) is 3.47. The molecular formula is C32H32N2O7. The number of imide groups is 1. The number of carbonyl (C=O) groups is 3. The molecule has 41 heavy (non-hydrogen) atoms. The standard InChI is InChI=1S/C32H32N2O7/c1-18(8-7-11-34-29(35)24-9-5-6-10-25(24)30(34)36)14-22-15-23(16-27-33-26(17-39-27)31(37)38)41-32(40-22)28-20(3)12-19(2)13-21(28)4/h5-10,12-14,17,22-23,32H,11,15-16H2,1-4H3,(H,37,38)/b8-7+,18-14+/t22-,23-,32?/m1/s1. The van der Waals surface area contributed by atoms with E-state index >= 15 is 0 Å². The molecule has 0 saturated carbocycles. The van der Waals surface area contributed by atoms with E-state index in [-0.39, 0.29) is 48.6 Å². The number of aryl methyl sites for hydroxylation is 3. The number of rotatable bonds is 8. The Bertz CT molecular complexity index is 1510. The number of hydrogen-bond acceptors (Lipinski definition) is 7. The summed E-state index contributed by atoms with van der Waals surface area (Å²) in [6, 6.07) is 11.0. The van der Waals surface area contributed by atoms with Gasteiger partial charge in [-0.05, 0) is 51.0 Å². The van der Waals surface area contributed by atoms with Crippen LogP contribution < -0.4 is 0 Å². The maximum atomic E-state index is 12.6. The molecule has 0 spiro atoms. The number of benzene rings is 2. The molecule has 1 aromatic heterocycles. The average molecular weight is 557 g/mol. The predicted octanol–water partition coefficient (Wildman–Crippen LogP) is 5.51. The van der Waals surface area contributed by atoms with Gasteiger partial charge in [-0.15, -0.1) is 0 Å². The van der Waals surface area contributed by atoms with Crippen LogP contribution in [0.1, 0.15) is 79.0 Å². The second kappa shape index (κ2) is 11.6. The van der Waals surface area contributed by atoms with Gasteiger partial charge in [0.25, 0.3) is 11.8 Å².